The SMILES string of the molecule is COc1ccccc1OCC(=O)N1CCc2nc(NC(C)=O)sc2C1. The Balaban J connectivity index is 1.60. The molecular formula is C17H19N3O4S. The van der Waals surface area contributed by atoms with Crippen molar-refractivity contribution in [2.75, 3.05) is 25.6 Å². The fourth-order valence-corrected chi connectivity index (χ4v) is 3.65. The van der Waals surface area contributed by atoms with Gasteiger partial charge in [0.1, 0.15) is 0 Å². The normalized spacial score (nSPS) is 13.1. The number of benzene rings is 1. The predicted octanol–water partition coefficient (Wildman–Crippen LogP) is 2.07. The van der Waals surface area contributed by atoms with Crippen molar-refractivity contribution in [2.45, 2.75) is 19.9 Å². The van der Waals surface area contributed by atoms with Gasteiger partial charge in [-0.2, -0.15) is 0 Å². The van der Waals surface area contributed by atoms with Crippen LogP contribution >= 0.6 is 11.3 Å². The monoisotopic (exact) mass is 361 g/mol. The summed E-state index contributed by atoms with van der Waals surface area (Å²) in [4.78, 5) is 30.7. The lowest BCUT2D eigenvalue weighted by Crippen LogP contribution is -2.38. The molecule has 7 nitrogen and oxygen atoms in total. The molecular weight excluding hydrogens is 342 g/mol. The summed E-state index contributed by atoms with van der Waals surface area (Å²) in [5.41, 5.74) is 0.948. The number of carbonyl (C=O) groups is 2. The van der Waals surface area contributed by atoms with Gasteiger partial charge in [0.2, 0.25) is 5.91 Å². The molecule has 0 radical (unpaired) electrons. The van der Waals surface area contributed by atoms with E-state index in [1.807, 2.05) is 12.1 Å². The summed E-state index contributed by atoms with van der Waals surface area (Å²) in [6, 6.07) is 7.23. The molecule has 8 heteroatoms. The quantitative estimate of drug-likeness (QED) is 0.882. The zero-order valence-electron chi connectivity index (χ0n) is 14.1. The number of hydrogen-bond donors (Lipinski definition) is 1. The van der Waals surface area contributed by atoms with Crippen LogP contribution in [0.25, 0.3) is 0 Å². The van der Waals surface area contributed by atoms with E-state index in [0.717, 1.165) is 10.6 Å². The minimum Gasteiger partial charge on any atom is -0.493 e. The molecule has 3 rings (SSSR count). The van der Waals surface area contributed by atoms with Crippen LogP contribution in [-0.2, 0) is 22.6 Å². The second-order valence-corrected chi connectivity index (χ2v) is 6.66. The third kappa shape index (κ3) is 4.08. The Morgan fingerprint density at radius 1 is 1.32 bits per heavy atom. The number of ether oxygens (including phenoxy) is 2. The first-order chi connectivity index (χ1) is 12.1. The fourth-order valence-electron chi connectivity index (χ4n) is 2.58. The summed E-state index contributed by atoms with van der Waals surface area (Å²) in [7, 11) is 1.56. The van der Waals surface area contributed by atoms with Gasteiger partial charge in [-0.05, 0) is 12.1 Å². The van der Waals surface area contributed by atoms with Crippen LogP contribution in [-0.4, -0.2) is 42.0 Å². The first-order valence-corrected chi connectivity index (χ1v) is 8.68. The number of amides is 2. The predicted molar refractivity (Wildman–Crippen MR) is 94.0 cm³/mol. The van der Waals surface area contributed by atoms with Crippen LogP contribution in [0.4, 0.5) is 5.13 Å². The smallest absolute Gasteiger partial charge is 0.260 e. The van der Waals surface area contributed by atoms with E-state index in [1.54, 1.807) is 24.1 Å². The fraction of sp³-hybridized carbons (Fsp3) is 0.353. The number of hydrogen-bond acceptors (Lipinski definition) is 6. The maximum atomic E-state index is 12.4. The number of fused-ring (bicyclic) bond motifs is 1. The van der Waals surface area contributed by atoms with E-state index in [9.17, 15) is 9.59 Å². The summed E-state index contributed by atoms with van der Waals surface area (Å²) < 4.78 is 10.8. The average Bonchev–Trinajstić information content (AvgIpc) is 3.00. The number of carbonyl (C=O) groups excluding carboxylic acids is 2. The molecule has 1 aromatic carbocycles. The van der Waals surface area contributed by atoms with Crippen molar-refractivity contribution in [2.24, 2.45) is 0 Å². The highest BCUT2D eigenvalue weighted by molar-refractivity contribution is 7.15. The van der Waals surface area contributed by atoms with Crippen LogP contribution in [0.15, 0.2) is 24.3 Å². The molecule has 25 heavy (non-hydrogen) atoms. The molecule has 0 saturated carbocycles. The van der Waals surface area contributed by atoms with Gasteiger partial charge < -0.3 is 19.7 Å². The van der Waals surface area contributed by atoms with Crippen LogP contribution in [0, 0.1) is 0 Å². The number of rotatable bonds is 5. The molecule has 0 atom stereocenters. The molecule has 0 fully saturated rings. The summed E-state index contributed by atoms with van der Waals surface area (Å²) in [6.07, 6.45) is 0.672. The van der Waals surface area contributed by atoms with Crippen molar-refractivity contribution in [3.05, 3.63) is 34.8 Å². The van der Waals surface area contributed by atoms with E-state index in [2.05, 4.69) is 10.3 Å². The molecule has 0 aliphatic carbocycles. The molecule has 1 aliphatic rings. The van der Waals surface area contributed by atoms with Gasteiger partial charge >= 0.3 is 0 Å². The molecule has 132 valence electrons. The molecule has 0 unspecified atom stereocenters. The minimum atomic E-state index is -0.149. The van der Waals surface area contributed by atoms with Gasteiger partial charge in [-0.25, -0.2) is 4.98 Å². The summed E-state index contributed by atoms with van der Waals surface area (Å²) >= 11 is 1.41. The highest BCUT2D eigenvalue weighted by Gasteiger charge is 2.24. The van der Waals surface area contributed by atoms with Gasteiger partial charge in [0.25, 0.3) is 5.91 Å². The first kappa shape index (κ1) is 17.2. The first-order valence-electron chi connectivity index (χ1n) is 7.86. The van der Waals surface area contributed by atoms with E-state index < -0.39 is 0 Å². The van der Waals surface area contributed by atoms with E-state index in [0.29, 0.717) is 36.1 Å². The Morgan fingerprint density at radius 2 is 2.08 bits per heavy atom. The van der Waals surface area contributed by atoms with Crippen LogP contribution in [0.5, 0.6) is 11.5 Å². The molecule has 2 aromatic rings. The number of thiazole rings is 1. The molecule has 1 N–H and O–H groups in total. The average molecular weight is 361 g/mol. The van der Waals surface area contributed by atoms with Gasteiger partial charge in [0.15, 0.2) is 23.2 Å². The van der Waals surface area contributed by atoms with Crippen molar-refractivity contribution < 1.29 is 19.1 Å². The number of para-hydroxylation sites is 2. The molecule has 1 aromatic heterocycles. The largest absolute Gasteiger partial charge is 0.493 e. The van der Waals surface area contributed by atoms with Crippen molar-refractivity contribution in [3.63, 3.8) is 0 Å². The second-order valence-electron chi connectivity index (χ2n) is 5.57. The zero-order valence-corrected chi connectivity index (χ0v) is 14.9. The number of anilines is 1. The van der Waals surface area contributed by atoms with Crippen molar-refractivity contribution in [1.29, 1.82) is 0 Å². The van der Waals surface area contributed by atoms with Crippen molar-refractivity contribution in [1.82, 2.24) is 9.88 Å². The summed E-state index contributed by atoms with van der Waals surface area (Å²) in [6.45, 7) is 2.48. The van der Waals surface area contributed by atoms with Crippen LogP contribution in [0.2, 0.25) is 0 Å². The van der Waals surface area contributed by atoms with Crippen LogP contribution < -0.4 is 14.8 Å². The number of nitrogens with zero attached hydrogens (tertiary/aromatic N) is 2. The van der Waals surface area contributed by atoms with Crippen molar-refractivity contribution >= 4 is 28.3 Å². The number of methoxy groups -OCH3 is 1. The Morgan fingerprint density at radius 3 is 2.80 bits per heavy atom. The molecule has 0 spiro atoms. The Labute approximate surface area is 149 Å². The van der Waals surface area contributed by atoms with E-state index in [1.165, 1.54) is 18.3 Å². The lowest BCUT2D eigenvalue weighted by Gasteiger charge is -2.26. The highest BCUT2D eigenvalue weighted by atomic mass is 32.1. The second kappa shape index (κ2) is 7.52. The van der Waals surface area contributed by atoms with Gasteiger partial charge in [-0.15, -0.1) is 0 Å². The molecule has 1 aliphatic heterocycles. The Bertz CT molecular complexity index is 790. The van der Waals surface area contributed by atoms with Crippen LogP contribution in [0.1, 0.15) is 17.5 Å². The van der Waals surface area contributed by atoms with E-state index >= 15 is 0 Å². The van der Waals surface area contributed by atoms with Crippen LogP contribution in [0.3, 0.4) is 0 Å². The molecule has 2 amide bonds. The lowest BCUT2D eigenvalue weighted by molar-refractivity contribution is -0.134. The number of aromatic nitrogens is 1. The highest BCUT2D eigenvalue weighted by Crippen LogP contribution is 2.29. The third-order valence-corrected chi connectivity index (χ3v) is 4.78. The van der Waals surface area contributed by atoms with Crippen molar-refractivity contribution in [3.8, 4) is 11.5 Å². The number of nitrogens with one attached hydrogen (secondary N) is 1. The topological polar surface area (TPSA) is 80.8 Å². The molecule has 0 saturated heterocycles. The van der Waals surface area contributed by atoms with E-state index in [4.69, 9.17) is 9.47 Å². The maximum Gasteiger partial charge on any atom is 0.260 e. The summed E-state index contributed by atoms with van der Waals surface area (Å²) in [5.74, 6) is 0.899. The van der Waals surface area contributed by atoms with Gasteiger partial charge in [-0.1, -0.05) is 23.5 Å². The van der Waals surface area contributed by atoms with Gasteiger partial charge in [0.05, 0.1) is 19.3 Å². The molecule has 2 heterocycles. The zero-order chi connectivity index (χ0) is 17.8. The van der Waals surface area contributed by atoms with Gasteiger partial charge in [0, 0.05) is 24.8 Å². The Kier molecular flexibility index (Phi) is 5.18. The van der Waals surface area contributed by atoms with Gasteiger partial charge in [-0.3, -0.25) is 9.59 Å². The lowest BCUT2D eigenvalue weighted by atomic mass is 10.2. The molecule has 0 bridgehead atoms. The Hall–Kier alpha value is -2.61. The summed E-state index contributed by atoms with van der Waals surface area (Å²) in [5, 5.41) is 3.27. The third-order valence-electron chi connectivity index (χ3n) is 3.79. The van der Waals surface area contributed by atoms with E-state index in [-0.39, 0.29) is 18.4 Å². The minimum absolute atomic E-state index is 0.0485. The maximum absolute atomic E-state index is 12.4. The standard InChI is InChI=1S/C17H19N3O4S/c1-11(21)18-17-19-12-7-8-20(9-15(12)25-17)16(22)10-24-14-6-4-3-5-13(14)23-2/h3-6H,7-10H2,1-2H3,(H,18,19,21).